The molecule has 0 fully saturated rings. The molecule has 0 amide bonds. The quantitative estimate of drug-likeness (QED) is 0.729. The fraction of sp³-hybridized carbons (Fsp3) is 0.400. The number of carboxylic acid groups (broad SMARTS) is 1. The summed E-state index contributed by atoms with van der Waals surface area (Å²) in [5.41, 5.74) is 2.44. The summed E-state index contributed by atoms with van der Waals surface area (Å²) in [4.78, 5) is 10.6. The summed E-state index contributed by atoms with van der Waals surface area (Å²) in [5.74, 6) is -0.731. The second-order valence-electron chi connectivity index (χ2n) is 4.08. The zero-order valence-corrected chi connectivity index (χ0v) is 10.4. The maximum absolute atomic E-state index is 10.6. The van der Waals surface area contributed by atoms with E-state index in [1.807, 2.05) is 18.2 Å². The second-order valence-corrected chi connectivity index (χ2v) is 4.08. The summed E-state index contributed by atoms with van der Waals surface area (Å²) in [7, 11) is 0. The van der Waals surface area contributed by atoms with Crippen molar-refractivity contribution in [2.45, 2.75) is 39.0 Å². The first kappa shape index (κ1) is 13.5. The highest BCUT2D eigenvalue weighted by molar-refractivity contribution is 5.67. The number of aryl methyl sites for hydroxylation is 2. The van der Waals surface area contributed by atoms with E-state index in [9.17, 15) is 4.79 Å². The summed E-state index contributed by atoms with van der Waals surface area (Å²) < 4.78 is 0. The maximum Gasteiger partial charge on any atom is 0.303 e. The fourth-order valence-electron chi connectivity index (χ4n) is 1.81. The monoisotopic (exact) mass is 232 g/mol. The molecule has 0 radical (unpaired) electrons. The van der Waals surface area contributed by atoms with Crippen LogP contribution in [0, 0.1) is 0 Å². The second kappa shape index (κ2) is 7.66. The van der Waals surface area contributed by atoms with Gasteiger partial charge >= 0.3 is 5.97 Å². The highest BCUT2D eigenvalue weighted by Crippen LogP contribution is 2.13. The highest BCUT2D eigenvalue weighted by Gasteiger charge is 2.03. The lowest BCUT2D eigenvalue weighted by molar-refractivity contribution is -0.136. The molecule has 17 heavy (non-hydrogen) atoms. The Kier molecular flexibility index (Phi) is 6.08. The van der Waals surface area contributed by atoms with Crippen LogP contribution in [0.15, 0.2) is 36.4 Å². The summed E-state index contributed by atoms with van der Waals surface area (Å²) in [6.07, 6.45) is 8.28. The fourth-order valence-corrected chi connectivity index (χ4v) is 1.81. The van der Waals surface area contributed by atoms with Crippen molar-refractivity contribution >= 4 is 5.97 Å². The predicted molar refractivity (Wildman–Crippen MR) is 70.2 cm³/mol. The summed E-state index contributed by atoms with van der Waals surface area (Å²) in [6, 6.07) is 8.12. The Hall–Kier alpha value is -1.57. The van der Waals surface area contributed by atoms with Gasteiger partial charge in [-0.3, -0.25) is 4.79 Å². The van der Waals surface area contributed by atoms with E-state index in [-0.39, 0.29) is 6.42 Å². The van der Waals surface area contributed by atoms with Gasteiger partial charge in [-0.2, -0.15) is 0 Å². The SMILES string of the molecule is CCC=CCCc1ccccc1CCC(=O)O. The molecule has 0 saturated carbocycles. The molecule has 0 spiro atoms. The Morgan fingerprint density at radius 1 is 1.18 bits per heavy atom. The smallest absolute Gasteiger partial charge is 0.303 e. The van der Waals surface area contributed by atoms with Gasteiger partial charge in [-0.05, 0) is 36.8 Å². The molecule has 0 aliphatic heterocycles. The molecule has 92 valence electrons. The van der Waals surface area contributed by atoms with E-state index in [0.29, 0.717) is 6.42 Å². The third kappa shape index (κ3) is 5.34. The van der Waals surface area contributed by atoms with E-state index < -0.39 is 5.97 Å². The van der Waals surface area contributed by atoms with Crippen molar-refractivity contribution in [1.29, 1.82) is 0 Å². The molecule has 0 aromatic heterocycles. The largest absolute Gasteiger partial charge is 0.481 e. The molecule has 2 nitrogen and oxygen atoms in total. The minimum absolute atomic E-state index is 0.210. The third-order valence-corrected chi connectivity index (χ3v) is 2.71. The van der Waals surface area contributed by atoms with Crippen molar-refractivity contribution in [1.82, 2.24) is 0 Å². The lowest BCUT2D eigenvalue weighted by Gasteiger charge is -2.07. The van der Waals surface area contributed by atoms with Gasteiger partial charge in [0.1, 0.15) is 0 Å². The predicted octanol–water partition coefficient (Wildman–Crippen LogP) is 3.60. The average Bonchev–Trinajstić information content (AvgIpc) is 2.33. The minimum atomic E-state index is -0.731. The Labute approximate surface area is 103 Å². The van der Waals surface area contributed by atoms with Gasteiger partial charge in [0.25, 0.3) is 0 Å². The van der Waals surface area contributed by atoms with E-state index in [2.05, 4.69) is 25.1 Å². The van der Waals surface area contributed by atoms with E-state index in [4.69, 9.17) is 5.11 Å². The van der Waals surface area contributed by atoms with E-state index in [1.54, 1.807) is 0 Å². The van der Waals surface area contributed by atoms with Crippen molar-refractivity contribution in [2.24, 2.45) is 0 Å². The molecular weight excluding hydrogens is 212 g/mol. The van der Waals surface area contributed by atoms with Crippen LogP contribution in [0.25, 0.3) is 0 Å². The number of carboxylic acids is 1. The van der Waals surface area contributed by atoms with E-state index >= 15 is 0 Å². The molecule has 0 unspecified atom stereocenters. The molecule has 0 heterocycles. The number of rotatable bonds is 7. The van der Waals surface area contributed by atoms with Gasteiger partial charge in [0.05, 0.1) is 0 Å². The zero-order valence-electron chi connectivity index (χ0n) is 10.4. The van der Waals surface area contributed by atoms with Crippen molar-refractivity contribution in [2.75, 3.05) is 0 Å². The lowest BCUT2D eigenvalue weighted by atomic mass is 9.99. The number of hydrogen-bond donors (Lipinski definition) is 1. The first-order valence-electron chi connectivity index (χ1n) is 6.17. The molecule has 1 aromatic carbocycles. The third-order valence-electron chi connectivity index (χ3n) is 2.71. The van der Waals surface area contributed by atoms with Crippen LogP contribution in [0.4, 0.5) is 0 Å². The molecule has 0 bridgehead atoms. The van der Waals surface area contributed by atoms with Gasteiger partial charge in [-0.1, -0.05) is 43.3 Å². The van der Waals surface area contributed by atoms with Crippen LogP contribution in [0.2, 0.25) is 0 Å². The molecule has 0 atom stereocenters. The Morgan fingerprint density at radius 3 is 2.41 bits per heavy atom. The minimum Gasteiger partial charge on any atom is -0.481 e. The van der Waals surface area contributed by atoms with Crippen LogP contribution in [-0.2, 0) is 17.6 Å². The first-order valence-corrected chi connectivity index (χ1v) is 6.17. The van der Waals surface area contributed by atoms with Crippen LogP contribution in [0.5, 0.6) is 0 Å². The number of aliphatic carboxylic acids is 1. The molecule has 2 heteroatoms. The molecule has 0 aliphatic rings. The van der Waals surface area contributed by atoms with Gasteiger partial charge < -0.3 is 5.11 Å². The molecule has 1 N–H and O–H groups in total. The molecule has 1 rings (SSSR count). The summed E-state index contributed by atoms with van der Waals surface area (Å²) in [6.45, 7) is 2.12. The normalized spacial score (nSPS) is 10.9. The van der Waals surface area contributed by atoms with Crippen LogP contribution >= 0.6 is 0 Å². The Balaban J connectivity index is 2.57. The van der Waals surface area contributed by atoms with Crippen molar-refractivity contribution in [3.8, 4) is 0 Å². The molecule has 1 aromatic rings. The molecule has 0 aliphatic carbocycles. The number of allylic oxidation sites excluding steroid dienone is 2. The van der Waals surface area contributed by atoms with Gasteiger partial charge in [-0.25, -0.2) is 0 Å². The maximum atomic E-state index is 10.6. The van der Waals surface area contributed by atoms with Gasteiger partial charge in [0.15, 0.2) is 0 Å². The topological polar surface area (TPSA) is 37.3 Å². The summed E-state index contributed by atoms with van der Waals surface area (Å²) in [5, 5.41) is 8.70. The summed E-state index contributed by atoms with van der Waals surface area (Å²) >= 11 is 0. The average molecular weight is 232 g/mol. The van der Waals surface area contributed by atoms with Gasteiger partial charge in [0.2, 0.25) is 0 Å². The van der Waals surface area contributed by atoms with Crippen LogP contribution < -0.4 is 0 Å². The Morgan fingerprint density at radius 2 is 1.82 bits per heavy atom. The number of benzene rings is 1. The number of carbonyl (C=O) groups is 1. The van der Waals surface area contributed by atoms with Crippen LogP contribution in [0.1, 0.15) is 37.3 Å². The van der Waals surface area contributed by atoms with Crippen LogP contribution in [0.3, 0.4) is 0 Å². The zero-order chi connectivity index (χ0) is 12.5. The van der Waals surface area contributed by atoms with Crippen molar-refractivity contribution in [3.05, 3.63) is 47.5 Å². The van der Waals surface area contributed by atoms with Gasteiger partial charge in [0, 0.05) is 6.42 Å². The van der Waals surface area contributed by atoms with E-state index in [1.165, 1.54) is 11.1 Å². The van der Waals surface area contributed by atoms with Crippen molar-refractivity contribution in [3.63, 3.8) is 0 Å². The molecular formula is C15H20O2. The number of hydrogen-bond acceptors (Lipinski definition) is 1. The highest BCUT2D eigenvalue weighted by atomic mass is 16.4. The van der Waals surface area contributed by atoms with Crippen LogP contribution in [-0.4, -0.2) is 11.1 Å². The lowest BCUT2D eigenvalue weighted by Crippen LogP contribution is -2.00. The van der Waals surface area contributed by atoms with E-state index in [0.717, 1.165) is 19.3 Å². The van der Waals surface area contributed by atoms with Gasteiger partial charge in [-0.15, -0.1) is 0 Å². The Bertz CT molecular complexity index is 380. The van der Waals surface area contributed by atoms with Crippen molar-refractivity contribution < 1.29 is 9.90 Å². The first-order chi connectivity index (χ1) is 8.24. The standard InChI is InChI=1S/C15H20O2/c1-2-3-4-5-8-13-9-6-7-10-14(13)11-12-15(16)17/h3-4,6-7,9-10H,2,5,8,11-12H2,1H3,(H,16,17). The molecule has 0 saturated heterocycles.